The number of hydrogen-bond donors (Lipinski definition) is 3. The lowest BCUT2D eigenvalue weighted by Crippen LogP contribution is -2.40. The van der Waals surface area contributed by atoms with E-state index in [0.29, 0.717) is 0 Å². The highest BCUT2D eigenvalue weighted by Gasteiger charge is 2.40. The summed E-state index contributed by atoms with van der Waals surface area (Å²) in [6.07, 6.45) is 14.6. The van der Waals surface area contributed by atoms with Gasteiger partial charge in [0.2, 0.25) is 0 Å². The molecule has 1 aliphatic heterocycles. The van der Waals surface area contributed by atoms with Gasteiger partial charge in [0.05, 0.1) is 19.5 Å². The molecule has 0 aromatic carbocycles. The Hall–Kier alpha value is -0.620. The van der Waals surface area contributed by atoms with Gasteiger partial charge in [-0.25, -0.2) is 0 Å². The number of aliphatic hydroxyl groups excluding tert-OH is 3. The Kier molecular flexibility index (Phi) is 13.0. The van der Waals surface area contributed by atoms with Gasteiger partial charge in [-0.3, -0.25) is 0 Å². The van der Waals surface area contributed by atoms with E-state index < -0.39 is 31.0 Å². The van der Waals surface area contributed by atoms with Crippen LogP contribution in [0.2, 0.25) is 0 Å². The van der Waals surface area contributed by atoms with Gasteiger partial charge >= 0.3 is 0 Å². The van der Waals surface area contributed by atoms with E-state index in [2.05, 4.69) is 6.92 Å². The van der Waals surface area contributed by atoms with Gasteiger partial charge in [0.15, 0.2) is 0 Å². The fourth-order valence-corrected chi connectivity index (χ4v) is 3.15. The van der Waals surface area contributed by atoms with Gasteiger partial charge < -0.3 is 24.8 Å². The first-order valence-corrected chi connectivity index (χ1v) is 10.1. The fourth-order valence-electron chi connectivity index (χ4n) is 3.15. The molecular formula is C20H38O5. The van der Waals surface area contributed by atoms with Crippen molar-refractivity contribution in [3.63, 3.8) is 0 Å². The minimum Gasteiger partial charge on any atom is -0.493 e. The summed E-state index contributed by atoms with van der Waals surface area (Å²) >= 11 is 0. The van der Waals surface area contributed by atoms with E-state index in [9.17, 15) is 10.2 Å². The van der Waals surface area contributed by atoms with Crippen molar-refractivity contribution < 1.29 is 24.8 Å². The minimum absolute atomic E-state index is 0.228. The molecular weight excluding hydrogens is 320 g/mol. The maximum absolute atomic E-state index is 9.99. The van der Waals surface area contributed by atoms with E-state index in [1.807, 2.05) is 6.08 Å². The van der Waals surface area contributed by atoms with E-state index in [-0.39, 0.29) is 6.61 Å². The molecule has 5 nitrogen and oxygen atoms in total. The molecule has 0 unspecified atom stereocenters. The third-order valence-electron chi connectivity index (χ3n) is 4.81. The van der Waals surface area contributed by atoms with Gasteiger partial charge in [0, 0.05) is 0 Å². The topological polar surface area (TPSA) is 79.2 Å². The third kappa shape index (κ3) is 9.59. The first-order valence-electron chi connectivity index (χ1n) is 10.1. The van der Waals surface area contributed by atoms with Crippen molar-refractivity contribution in [1.29, 1.82) is 0 Å². The maximum atomic E-state index is 9.99. The summed E-state index contributed by atoms with van der Waals surface area (Å²) < 4.78 is 10.8. The molecule has 5 heteroatoms. The Morgan fingerprint density at radius 2 is 1.64 bits per heavy atom. The number of aliphatic hydroxyl groups is 3. The highest BCUT2D eigenvalue weighted by molar-refractivity contribution is 4.90. The molecule has 4 atom stereocenters. The van der Waals surface area contributed by atoms with Crippen LogP contribution in [0.5, 0.6) is 0 Å². The molecule has 0 amide bonds. The zero-order chi connectivity index (χ0) is 18.3. The van der Waals surface area contributed by atoms with Crippen LogP contribution in [0, 0.1) is 0 Å². The summed E-state index contributed by atoms with van der Waals surface area (Å²) in [5.74, 6) is 0. The minimum atomic E-state index is -1.07. The molecule has 0 aromatic rings. The molecule has 148 valence electrons. The van der Waals surface area contributed by atoms with Crippen LogP contribution in [0.15, 0.2) is 12.3 Å². The Morgan fingerprint density at radius 3 is 2.24 bits per heavy atom. The molecule has 0 radical (unpaired) electrons. The Bertz CT molecular complexity index is 334. The molecule has 1 rings (SSSR count). The molecule has 1 aliphatic rings. The van der Waals surface area contributed by atoms with Crippen molar-refractivity contribution in [2.45, 2.75) is 102 Å². The van der Waals surface area contributed by atoms with Crippen molar-refractivity contribution in [1.82, 2.24) is 0 Å². The maximum Gasteiger partial charge on any atom is 0.149 e. The van der Waals surface area contributed by atoms with Crippen molar-refractivity contribution in [2.24, 2.45) is 0 Å². The molecule has 1 saturated heterocycles. The van der Waals surface area contributed by atoms with Crippen LogP contribution < -0.4 is 0 Å². The lowest BCUT2D eigenvalue weighted by atomic mass is 10.1. The smallest absolute Gasteiger partial charge is 0.149 e. The van der Waals surface area contributed by atoms with E-state index in [0.717, 1.165) is 12.8 Å². The average Bonchev–Trinajstić information content (AvgIpc) is 2.99. The second-order valence-electron chi connectivity index (χ2n) is 7.06. The van der Waals surface area contributed by atoms with E-state index >= 15 is 0 Å². The Balaban J connectivity index is 1.94. The summed E-state index contributed by atoms with van der Waals surface area (Å²) in [4.78, 5) is 0. The summed E-state index contributed by atoms with van der Waals surface area (Å²) in [7, 11) is 0. The lowest BCUT2D eigenvalue weighted by molar-refractivity contribution is -0.0689. The highest BCUT2D eigenvalue weighted by Crippen LogP contribution is 2.20. The number of allylic oxidation sites excluding steroid dienone is 1. The second-order valence-corrected chi connectivity index (χ2v) is 7.06. The molecule has 0 aromatic heterocycles. The molecule has 25 heavy (non-hydrogen) atoms. The second kappa shape index (κ2) is 14.5. The quantitative estimate of drug-likeness (QED) is 0.309. The van der Waals surface area contributed by atoms with Crippen LogP contribution in [0.1, 0.15) is 77.6 Å². The van der Waals surface area contributed by atoms with Crippen molar-refractivity contribution in [2.75, 3.05) is 13.2 Å². The standard InChI is InChI=1S/C20H38O5/c1-2-3-4-5-6-7-8-9-10-11-12-13-14-24-18-16-25-20(19(18)23)17(22)15-21/h13-14,17-23H,2-12,15-16H2,1H3/b14-13+/t17-,18+,19+,20+/m1/s1. The summed E-state index contributed by atoms with van der Waals surface area (Å²) in [5, 5.41) is 28.4. The molecule has 1 fully saturated rings. The molecule has 0 bridgehead atoms. The lowest BCUT2D eigenvalue weighted by Gasteiger charge is -2.20. The van der Waals surface area contributed by atoms with Crippen LogP contribution in [-0.4, -0.2) is 52.9 Å². The van der Waals surface area contributed by atoms with Gasteiger partial charge in [0.25, 0.3) is 0 Å². The Morgan fingerprint density at radius 1 is 1.04 bits per heavy atom. The molecule has 0 spiro atoms. The number of rotatable bonds is 15. The normalized spacial score (nSPS) is 24.9. The molecule has 3 N–H and O–H groups in total. The number of unbranched alkanes of at least 4 members (excludes halogenated alkanes) is 10. The average molecular weight is 359 g/mol. The zero-order valence-electron chi connectivity index (χ0n) is 15.8. The van der Waals surface area contributed by atoms with Gasteiger partial charge in [-0.1, -0.05) is 64.7 Å². The predicted molar refractivity (Wildman–Crippen MR) is 99.3 cm³/mol. The van der Waals surface area contributed by atoms with Gasteiger partial charge in [-0.15, -0.1) is 0 Å². The van der Waals surface area contributed by atoms with E-state index in [1.165, 1.54) is 57.8 Å². The molecule has 0 aliphatic carbocycles. The highest BCUT2D eigenvalue weighted by atomic mass is 16.6. The van der Waals surface area contributed by atoms with Gasteiger partial charge in [-0.05, 0) is 18.9 Å². The van der Waals surface area contributed by atoms with Crippen LogP contribution in [0.3, 0.4) is 0 Å². The predicted octanol–water partition coefficient (Wildman–Crippen LogP) is 3.31. The van der Waals surface area contributed by atoms with Crippen molar-refractivity contribution in [3.8, 4) is 0 Å². The van der Waals surface area contributed by atoms with Gasteiger partial charge in [-0.2, -0.15) is 0 Å². The Labute approximate surface area is 153 Å². The fraction of sp³-hybridized carbons (Fsp3) is 0.900. The molecule has 1 heterocycles. The molecule has 0 saturated carbocycles. The van der Waals surface area contributed by atoms with E-state index in [4.69, 9.17) is 14.6 Å². The summed E-state index contributed by atoms with van der Waals surface area (Å²) in [6, 6.07) is 0. The van der Waals surface area contributed by atoms with Crippen LogP contribution in [0.25, 0.3) is 0 Å². The van der Waals surface area contributed by atoms with Crippen molar-refractivity contribution >= 4 is 0 Å². The third-order valence-corrected chi connectivity index (χ3v) is 4.81. The number of ether oxygens (including phenoxy) is 2. The monoisotopic (exact) mass is 358 g/mol. The first kappa shape index (κ1) is 22.4. The largest absolute Gasteiger partial charge is 0.493 e. The van der Waals surface area contributed by atoms with Crippen LogP contribution in [-0.2, 0) is 9.47 Å². The van der Waals surface area contributed by atoms with Crippen LogP contribution >= 0.6 is 0 Å². The van der Waals surface area contributed by atoms with Gasteiger partial charge in [0.1, 0.15) is 24.4 Å². The van der Waals surface area contributed by atoms with Crippen LogP contribution in [0.4, 0.5) is 0 Å². The van der Waals surface area contributed by atoms with E-state index in [1.54, 1.807) is 6.26 Å². The first-order chi connectivity index (χ1) is 12.2. The summed E-state index contributed by atoms with van der Waals surface area (Å²) in [6.45, 7) is 2.05. The van der Waals surface area contributed by atoms with Crippen molar-refractivity contribution in [3.05, 3.63) is 12.3 Å². The number of hydrogen-bond acceptors (Lipinski definition) is 5. The summed E-state index contributed by atoms with van der Waals surface area (Å²) in [5.41, 5.74) is 0. The SMILES string of the molecule is CCCCCCCCCCCC/C=C/O[C@H]1CO[C@@H]([C@H](O)CO)[C@H]1O. The zero-order valence-corrected chi connectivity index (χ0v) is 15.8.